The molecule has 0 saturated carbocycles. The molecule has 0 unspecified atom stereocenters. The lowest BCUT2D eigenvalue weighted by Gasteiger charge is -2.26. The summed E-state index contributed by atoms with van der Waals surface area (Å²) in [5, 5.41) is 13.6. The van der Waals surface area contributed by atoms with Crippen LogP contribution in [0.3, 0.4) is 0 Å². The van der Waals surface area contributed by atoms with Crippen molar-refractivity contribution in [1.29, 1.82) is 0 Å². The molecule has 1 aliphatic heterocycles. The second-order valence-corrected chi connectivity index (χ2v) is 6.52. The molecule has 0 spiro atoms. The van der Waals surface area contributed by atoms with Gasteiger partial charge in [0.1, 0.15) is 6.33 Å². The van der Waals surface area contributed by atoms with Gasteiger partial charge in [-0.2, -0.15) is 0 Å². The van der Waals surface area contributed by atoms with E-state index >= 15 is 0 Å². The van der Waals surface area contributed by atoms with Gasteiger partial charge in [-0.15, -0.1) is 10.2 Å². The Morgan fingerprint density at radius 2 is 2.08 bits per heavy atom. The summed E-state index contributed by atoms with van der Waals surface area (Å²) in [4.78, 5) is 12.1. The molecule has 8 nitrogen and oxygen atoms in total. The third-order valence-corrected chi connectivity index (χ3v) is 4.29. The largest absolute Gasteiger partial charge is 0.454 e. The molecule has 3 rings (SSSR count). The minimum atomic E-state index is -0.248. The van der Waals surface area contributed by atoms with E-state index in [0.717, 1.165) is 29.4 Å². The molecular weight excluding hydrogens is 322 g/mol. The van der Waals surface area contributed by atoms with E-state index in [-0.39, 0.29) is 18.2 Å². The average Bonchev–Trinajstić information content (AvgIpc) is 3.25. The van der Waals surface area contributed by atoms with E-state index in [1.54, 1.807) is 6.33 Å². The number of hydrogen-bond donors (Lipinski definition) is 2. The Balaban J connectivity index is 1.54. The van der Waals surface area contributed by atoms with Gasteiger partial charge in [-0.05, 0) is 24.6 Å². The summed E-state index contributed by atoms with van der Waals surface area (Å²) in [7, 11) is 0. The summed E-state index contributed by atoms with van der Waals surface area (Å²) < 4.78 is 12.6. The number of nitrogens with one attached hydrogen (secondary N) is 2. The smallest absolute Gasteiger partial charge is 0.315 e. The molecule has 0 aliphatic carbocycles. The highest BCUT2D eigenvalue weighted by atomic mass is 16.7. The maximum Gasteiger partial charge on any atom is 0.315 e. The van der Waals surface area contributed by atoms with E-state index in [0.29, 0.717) is 13.1 Å². The number of carbonyl (C=O) groups is 1. The van der Waals surface area contributed by atoms with Crippen LogP contribution in [0.5, 0.6) is 11.5 Å². The lowest BCUT2D eigenvalue weighted by atomic mass is 9.84. The van der Waals surface area contributed by atoms with E-state index in [1.165, 1.54) is 0 Å². The summed E-state index contributed by atoms with van der Waals surface area (Å²) in [6.45, 7) is 7.98. The van der Waals surface area contributed by atoms with Crippen molar-refractivity contribution in [2.24, 2.45) is 0 Å². The monoisotopic (exact) mass is 345 g/mol. The molecule has 2 N–H and O–H groups in total. The number of ether oxygens (including phenoxy) is 2. The van der Waals surface area contributed by atoms with Gasteiger partial charge in [-0.1, -0.05) is 19.9 Å². The third kappa shape index (κ3) is 3.84. The first-order valence-corrected chi connectivity index (χ1v) is 8.28. The fourth-order valence-electron chi connectivity index (χ4n) is 2.62. The van der Waals surface area contributed by atoms with Crippen molar-refractivity contribution in [3.63, 3.8) is 0 Å². The predicted molar refractivity (Wildman–Crippen MR) is 91.5 cm³/mol. The Kier molecular flexibility index (Phi) is 4.78. The van der Waals surface area contributed by atoms with Gasteiger partial charge in [-0.25, -0.2) is 4.79 Å². The maximum atomic E-state index is 12.1. The molecule has 0 bridgehead atoms. The summed E-state index contributed by atoms with van der Waals surface area (Å²) >= 11 is 0. The predicted octanol–water partition coefficient (Wildman–Crippen LogP) is 1.80. The Morgan fingerprint density at radius 1 is 1.28 bits per heavy atom. The van der Waals surface area contributed by atoms with Gasteiger partial charge in [-0.3, -0.25) is 0 Å². The first kappa shape index (κ1) is 17.1. The zero-order valence-corrected chi connectivity index (χ0v) is 14.7. The number of aryl methyl sites for hydroxylation is 1. The average molecular weight is 345 g/mol. The SMILES string of the molecule is CCn1cnnc1CNC(=O)NCC(C)(C)c1ccc2c(c1)OCO2. The Labute approximate surface area is 146 Å². The molecule has 134 valence electrons. The van der Waals surface area contributed by atoms with Crippen LogP contribution in [0.25, 0.3) is 0 Å². The number of urea groups is 1. The van der Waals surface area contributed by atoms with Crippen molar-refractivity contribution in [1.82, 2.24) is 25.4 Å². The van der Waals surface area contributed by atoms with Crippen molar-refractivity contribution in [3.8, 4) is 11.5 Å². The summed E-state index contributed by atoms with van der Waals surface area (Å²) in [6, 6.07) is 5.62. The molecule has 0 saturated heterocycles. The number of hydrogen-bond acceptors (Lipinski definition) is 5. The standard InChI is InChI=1S/C17H23N5O3/c1-4-22-10-20-21-15(22)8-18-16(23)19-9-17(2,3)12-5-6-13-14(7-12)25-11-24-13/h5-7,10H,4,8-9,11H2,1-3H3,(H2,18,19,23). The quantitative estimate of drug-likeness (QED) is 0.833. The third-order valence-electron chi connectivity index (χ3n) is 4.29. The fraction of sp³-hybridized carbons (Fsp3) is 0.471. The van der Waals surface area contributed by atoms with E-state index < -0.39 is 0 Å². The topological polar surface area (TPSA) is 90.3 Å². The molecule has 1 aromatic heterocycles. The first-order valence-electron chi connectivity index (χ1n) is 8.28. The number of benzene rings is 1. The van der Waals surface area contributed by atoms with Gasteiger partial charge in [0, 0.05) is 18.5 Å². The fourth-order valence-corrected chi connectivity index (χ4v) is 2.62. The number of rotatable bonds is 6. The second-order valence-electron chi connectivity index (χ2n) is 6.52. The molecule has 8 heteroatoms. The van der Waals surface area contributed by atoms with Crippen LogP contribution in [-0.4, -0.2) is 34.1 Å². The van der Waals surface area contributed by atoms with Crippen molar-refractivity contribution >= 4 is 6.03 Å². The summed E-state index contributed by atoms with van der Waals surface area (Å²) in [5.74, 6) is 2.23. The highest BCUT2D eigenvalue weighted by Crippen LogP contribution is 2.36. The number of fused-ring (bicyclic) bond motifs is 1. The van der Waals surface area contributed by atoms with Crippen molar-refractivity contribution in [3.05, 3.63) is 35.9 Å². The van der Waals surface area contributed by atoms with Gasteiger partial charge < -0.3 is 24.7 Å². The highest BCUT2D eigenvalue weighted by molar-refractivity contribution is 5.73. The van der Waals surface area contributed by atoms with Crippen molar-refractivity contribution < 1.29 is 14.3 Å². The maximum absolute atomic E-state index is 12.1. The molecule has 2 amide bonds. The molecular formula is C17H23N5O3. The molecule has 1 aromatic carbocycles. The van der Waals surface area contributed by atoms with Crippen LogP contribution in [-0.2, 0) is 18.5 Å². The van der Waals surface area contributed by atoms with Crippen LogP contribution < -0.4 is 20.1 Å². The lowest BCUT2D eigenvalue weighted by molar-refractivity contribution is 0.174. The normalized spacial score (nSPS) is 12.9. The number of aromatic nitrogens is 3. The highest BCUT2D eigenvalue weighted by Gasteiger charge is 2.24. The van der Waals surface area contributed by atoms with Crippen LogP contribution >= 0.6 is 0 Å². The van der Waals surface area contributed by atoms with Crippen molar-refractivity contribution in [2.45, 2.75) is 39.3 Å². The molecule has 0 fully saturated rings. The van der Waals surface area contributed by atoms with E-state index in [9.17, 15) is 4.79 Å². The molecule has 2 aromatic rings. The Morgan fingerprint density at radius 3 is 2.88 bits per heavy atom. The van der Waals surface area contributed by atoms with Crippen LogP contribution in [0.4, 0.5) is 4.79 Å². The van der Waals surface area contributed by atoms with Crippen LogP contribution in [0, 0.1) is 0 Å². The van der Waals surface area contributed by atoms with Crippen LogP contribution in [0.2, 0.25) is 0 Å². The van der Waals surface area contributed by atoms with Gasteiger partial charge in [0.2, 0.25) is 6.79 Å². The van der Waals surface area contributed by atoms with Crippen molar-refractivity contribution in [2.75, 3.05) is 13.3 Å². The molecule has 0 radical (unpaired) electrons. The van der Waals surface area contributed by atoms with E-state index in [2.05, 4.69) is 34.7 Å². The lowest BCUT2D eigenvalue weighted by Crippen LogP contribution is -2.42. The minimum Gasteiger partial charge on any atom is -0.454 e. The van der Waals surface area contributed by atoms with Gasteiger partial charge in [0.05, 0.1) is 6.54 Å². The zero-order valence-electron chi connectivity index (χ0n) is 14.7. The first-order chi connectivity index (χ1) is 12.0. The minimum absolute atomic E-state index is 0.237. The van der Waals surface area contributed by atoms with E-state index in [4.69, 9.17) is 9.47 Å². The molecule has 1 aliphatic rings. The van der Waals surface area contributed by atoms with Gasteiger partial charge in [0.15, 0.2) is 17.3 Å². The van der Waals surface area contributed by atoms with Crippen LogP contribution in [0.1, 0.15) is 32.2 Å². The number of nitrogens with zero attached hydrogens (tertiary/aromatic N) is 3. The van der Waals surface area contributed by atoms with Gasteiger partial charge in [0.25, 0.3) is 0 Å². The Hall–Kier alpha value is -2.77. The molecule has 0 atom stereocenters. The number of amides is 2. The summed E-state index contributed by atoms with van der Waals surface area (Å²) in [6.07, 6.45) is 1.65. The summed E-state index contributed by atoms with van der Waals surface area (Å²) in [5.41, 5.74) is 0.824. The molecule has 25 heavy (non-hydrogen) atoms. The number of carbonyl (C=O) groups excluding carboxylic acids is 1. The van der Waals surface area contributed by atoms with E-state index in [1.807, 2.05) is 29.7 Å². The van der Waals surface area contributed by atoms with Crippen LogP contribution in [0.15, 0.2) is 24.5 Å². The van der Waals surface area contributed by atoms with Gasteiger partial charge >= 0.3 is 6.03 Å². The second kappa shape index (κ2) is 7.00. The molecule has 2 heterocycles. The Bertz CT molecular complexity index is 756. The zero-order chi connectivity index (χ0) is 17.9.